The van der Waals surface area contributed by atoms with E-state index in [9.17, 15) is 14.4 Å². The Labute approximate surface area is 149 Å². The number of nitrogens with two attached hydrogens (primary N) is 1. The van der Waals surface area contributed by atoms with Crippen LogP contribution in [0, 0.1) is 0 Å². The number of nitrogens with one attached hydrogen (secondary N) is 2. The van der Waals surface area contributed by atoms with Gasteiger partial charge >= 0.3 is 0 Å². The summed E-state index contributed by atoms with van der Waals surface area (Å²) in [5.74, 6) is -0.640. The van der Waals surface area contributed by atoms with E-state index in [-0.39, 0.29) is 17.6 Å². The summed E-state index contributed by atoms with van der Waals surface area (Å²) >= 11 is 1.22. The third kappa shape index (κ3) is 4.19. The number of hydrogen-bond acceptors (Lipinski definition) is 4. The summed E-state index contributed by atoms with van der Waals surface area (Å²) in [6.45, 7) is 0. The molecule has 0 saturated carbocycles. The number of benzene rings is 2. The minimum Gasteiger partial charge on any atom is -0.369 e. The zero-order valence-corrected chi connectivity index (χ0v) is 14.2. The molecular weight excluding hydrogens is 338 g/mol. The smallest absolute Gasteiger partial charge is 0.256 e. The van der Waals surface area contributed by atoms with E-state index >= 15 is 0 Å². The lowest BCUT2D eigenvalue weighted by Gasteiger charge is -2.18. The molecule has 3 rings (SSSR count). The molecule has 128 valence electrons. The molecule has 0 aromatic heterocycles. The zero-order chi connectivity index (χ0) is 17.8. The van der Waals surface area contributed by atoms with Crippen LogP contribution in [0.3, 0.4) is 0 Å². The molecule has 0 saturated heterocycles. The van der Waals surface area contributed by atoms with Crippen molar-refractivity contribution in [3.8, 4) is 0 Å². The fraction of sp³-hybridized carbons (Fsp3) is 0.167. The number of carbonyl (C=O) groups is 3. The Kier molecular flexibility index (Phi) is 5.04. The van der Waals surface area contributed by atoms with Crippen LogP contribution in [0.1, 0.15) is 22.3 Å². The lowest BCUT2D eigenvalue weighted by Crippen LogP contribution is -2.19. The largest absolute Gasteiger partial charge is 0.369 e. The van der Waals surface area contributed by atoms with E-state index in [1.54, 1.807) is 30.3 Å². The predicted octanol–water partition coefficient (Wildman–Crippen LogP) is 2.40. The maximum Gasteiger partial charge on any atom is 0.256 e. The predicted molar refractivity (Wildman–Crippen MR) is 97.7 cm³/mol. The highest BCUT2D eigenvalue weighted by atomic mass is 32.2. The third-order valence-corrected chi connectivity index (χ3v) is 4.86. The van der Waals surface area contributed by atoms with Crippen LogP contribution in [0.15, 0.2) is 47.4 Å². The van der Waals surface area contributed by atoms with Gasteiger partial charge in [0.2, 0.25) is 11.8 Å². The first-order chi connectivity index (χ1) is 12.0. The van der Waals surface area contributed by atoms with Gasteiger partial charge in [0, 0.05) is 22.7 Å². The Morgan fingerprint density at radius 1 is 1.16 bits per heavy atom. The van der Waals surface area contributed by atoms with E-state index in [0.29, 0.717) is 29.0 Å². The number of amides is 3. The Bertz CT molecular complexity index is 851. The van der Waals surface area contributed by atoms with Gasteiger partial charge in [-0.2, -0.15) is 0 Å². The van der Waals surface area contributed by atoms with Gasteiger partial charge in [-0.15, -0.1) is 11.8 Å². The first-order valence-corrected chi connectivity index (χ1v) is 8.76. The van der Waals surface area contributed by atoms with Crippen LogP contribution in [0.2, 0.25) is 0 Å². The molecule has 7 heteroatoms. The van der Waals surface area contributed by atoms with Crippen molar-refractivity contribution in [2.75, 3.05) is 16.4 Å². The summed E-state index contributed by atoms with van der Waals surface area (Å²) in [5.41, 5.74) is 8.02. The Hall–Kier alpha value is -2.80. The first kappa shape index (κ1) is 17.0. The number of carbonyl (C=O) groups excluding carboxylic acids is 3. The van der Waals surface area contributed by atoms with Crippen molar-refractivity contribution < 1.29 is 14.4 Å². The van der Waals surface area contributed by atoms with Crippen molar-refractivity contribution in [1.29, 1.82) is 0 Å². The Morgan fingerprint density at radius 3 is 2.76 bits per heavy atom. The summed E-state index contributed by atoms with van der Waals surface area (Å²) in [6, 6.07) is 12.5. The summed E-state index contributed by atoms with van der Waals surface area (Å²) in [4.78, 5) is 35.8. The number of hydrogen-bond donors (Lipinski definition) is 3. The Balaban J connectivity index is 1.78. The van der Waals surface area contributed by atoms with Crippen molar-refractivity contribution >= 4 is 40.9 Å². The monoisotopic (exact) mass is 355 g/mol. The van der Waals surface area contributed by atoms with E-state index in [0.717, 1.165) is 11.3 Å². The van der Waals surface area contributed by atoms with Gasteiger partial charge in [0.25, 0.3) is 5.91 Å². The second-order valence-electron chi connectivity index (χ2n) is 5.63. The molecule has 25 heavy (non-hydrogen) atoms. The molecule has 1 heterocycles. The standard InChI is InChI=1S/C18H17N3O3S/c19-16(22)10-25-15-4-2-1-3-13(15)18(24)20-12-7-5-11-6-8-17(23)21-14(11)9-12/h1-5,7,9H,6,8,10H2,(H2,19,22)(H,20,24)(H,21,23). The molecule has 0 spiro atoms. The van der Waals surface area contributed by atoms with Crippen molar-refractivity contribution in [3.63, 3.8) is 0 Å². The first-order valence-electron chi connectivity index (χ1n) is 7.77. The van der Waals surface area contributed by atoms with Gasteiger partial charge < -0.3 is 16.4 Å². The van der Waals surface area contributed by atoms with Crippen LogP contribution in [-0.4, -0.2) is 23.5 Å². The number of aryl methyl sites for hydroxylation is 1. The quantitative estimate of drug-likeness (QED) is 0.717. The van der Waals surface area contributed by atoms with Crippen LogP contribution in [0.5, 0.6) is 0 Å². The van der Waals surface area contributed by atoms with Gasteiger partial charge in [0.15, 0.2) is 0 Å². The molecule has 0 atom stereocenters. The number of primary amides is 1. The topological polar surface area (TPSA) is 101 Å². The highest BCUT2D eigenvalue weighted by molar-refractivity contribution is 8.00. The molecular formula is C18H17N3O3S. The second kappa shape index (κ2) is 7.40. The molecule has 2 aromatic rings. The molecule has 0 fully saturated rings. The lowest BCUT2D eigenvalue weighted by molar-refractivity contribution is -0.116. The SMILES string of the molecule is NC(=O)CSc1ccccc1C(=O)Nc1ccc2c(c1)NC(=O)CC2. The van der Waals surface area contributed by atoms with Gasteiger partial charge in [-0.05, 0) is 36.2 Å². The number of thioether (sulfide) groups is 1. The van der Waals surface area contributed by atoms with E-state index in [4.69, 9.17) is 5.73 Å². The van der Waals surface area contributed by atoms with Gasteiger partial charge in [0.1, 0.15) is 0 Å². The average Bonchev–Trinajstić information content (AvgIpc) is 2.59. The van der Waals surface area contributed by atoms with Gasteiger partial charge in [0.05, 0.1) is 11.3 Å². The fourth-order valence-corrected chi connectivity index (χ4v) is 3.37. The second-order valence-corrected chi connectivity index (χ2v) is 6.64. The van der Waals surface area contributed by atoms with Crippen molar-refractivity contribution in [2.45, 2.75) is 17.7 Å². The molecule has 1 aliphatic rings. The number of fused-ring (bicyclic) bond motifs is 1. The third-order valence-electron chi connectivity index (χ3n) is 3.76. The Morgan fingerprint density at radius 2 is 1.96 bits per heavy atom. The summed E-state index contributed by atoms with van der Waals surface area (Å²) in [6.07, 6.45) is 1.17. The van der Waals surface area contributed by atoms with Crippen LogP contribution < -0.4 is 16.4 Å². The van der Waals surface area contributed by atoms with Crippen molar-refractivity contribution in [2.24, 2.45) is 5.73 Å². The summed E-state index contributed by atoms with van der Waals surface area (Å²) in [5, 5.41) is 5.64. The molecule has 0 aliphatic carbocycles. The molecule has 0 radical (unpaired) electrons. The van der Waals surface area contributed by atoms with Gasteiger partial charge in [-0.25, -0.2) is 0 Å². The van der Waals surface area contributed by atoms with Crippen molar-refractivity contribution in [1.82, 2.24) is 0 Å². The summed E-state index contributed by atoms with van der Waals surface area (Å²) in [7, 11) is 0. The maximum absolute atomic E-state index is 12.6. The molecule has 0 bridgehead atoms. The maximum atomic E-state index is 12.6. The van der Waals surface area contributed by atoms with E-state index < -0.39 is 5.91 Å². The zero-order valence-electron chi connectivity index (χ0n) is 13.4. The average molecular weight is 355 g/mol. The molecule has 3 amide bonds. The molecule has 6 nitrogen and oxygen atoms in total. The van der Waals surface area contributed by atoms with Gasteiger partial charge in [-0.1, -0.05) is 18.2 Å². The lowest BCUT2D eigenvalue weighted by atomic mass is 10.0. The molecule has 1 aliphatic heterocycles. The van der Waals surface area contributed by atoms with Crippen LogP contribution in [0.25, 0.3) is 0 Å². The highest BCUT2D eigenvalue weighted by Crippen LogP contribution is 2.27. The highest BCUT2D eigenvalue weighted by Gasteiger charge is 2.16. The molecule has 4 N–H and O–H groups in total. The number of anilines is 2. The minimum absolute atomic E-state index is 0.0239. The molecule has 2 aromatic carbocycles. The van der Waals surface area contributed by atoms with Crippen molar-refractivity contribution in [3.05, 3.63) is 53.6 Å². The summed E-state index contributed by atoms with van der Waals surface area (Å²) < 4.78 is 0. The van der Waals surface area contributed by atoms with Crippen LogP contribution in [-0.2, 0) is 16.0 Å². The fourth-order valence-electron chi connectivity index (χ4n) is 2.58. The number of rotatable bonds is 5. The normalized spacial score (nSPS) is 12.9. The van der Waals surface area contributed by atoms with Crippen LogP contribution in [0.4, 0.5) is 11.4 Å². The molecule has 0 unspecified atom stereocenters. The van der Waals surface area contributed by atoms with Gasteiger partial charge in [-0.3, -0.25) is 14.4 Å². The minimum atomic E-state index is -0.439. The van der Waals surface area contributed by atoms with E-state index in [1.807, 2.05) is 12.1 Å². The van der Waals surface area contributed by atoms with Crippen LogP contribution >= 0.6 is 11.8 Å². The van der Waals surface area contributed by atoms with E-state index in [2.05, 4.69) is 10.6 Å². The van der Waals surface area contributed by atoms with E-state index in [1.165, 1.54) is 11.8 Å².